The molecule has 5 aromatic rings. The van der Waals surface area contributed by atoms with E-state index in [1.807, 2.05) is 38.1 Å². The summed E-state index contributed by atoms with van der Waals surface area (Å²) < 4.78 is 13.8. The fraction of sp³-hybridized carbons (Fsp3) is 0.392. The Morgan fingerprint density at radius 2 is 1.56 bits per heavy atom. The highest BCUT2D eigenvalue weighted by Gasteiger charge is 2.33. The SMILES string of the molecule is C=C(F)C(=O)N1CCN(c2nc(N3CCC(N4CCN(Cc5ccc(N(C(=N)c6cc(C(C)C)c(O)cc6O)C(N)=O)cc5)CC4)CC3)nc3c2CCN(c2cccc4cccc(Cl)c24)C3)CC1. The second-order valence-corrected chi connectivity index (χ2v) is 19.0. The van der Waals surface area contributed by atoms with Crippen molar-refractivity contribution in [1.82, 2.24) is 24.7 Å². The number of aromatic nitrogens is 2. The van der Waals surface area contributed by atoms with Gasteiger partial charge in [0.2, 0.25) is 5.95 Å². The quantitative estimate of drug-likeness (QED) is 0.0634. The van der Waals surface area contributed by atoms with E-state index in [-0.39, 0.29) is 28.8 Å². The van der Waals surface area contributed by atoms with E-state index in [4.69, 9.17) is 32.7 Å². The highest BCUT2D eigenvalue weighted by molar-refractivity contribution is 6.36. The Kier molecular flexibility index (Phi) is 13.4. The number of carbonyl (C=O) groups excluding carboxylic acids is 2. The number of primary amides is 1. The Hall–Kier alpha value is -6.49. The summed E-state index contributed by atoms with van der Waals surface area (Å²) in [6, 6.07) is 22.0. The summed E-state index contributed by atoms with van der Waals surface area (Å²) in [5.74, 6) is -0.713. The van der Waals surface area contributed by atoms with E-state index in [0.717, 1.165) is 127 Å². The van der Waals surface area contributed by atoms with Crippen molar-refractivity contribution >= 4 is 63.3 Å². The van der Waals surface area contributed by atoms with Crippen LogP contribution in [0.5, 0.6) is 11.5 Å². The number of halogens is 2. The lowest BCUT2D eigenvalue weighted by molar-refractivity contribution is -0.128. The van der Waals surface area contributed by atoms with Crippen LogP contribution in [0, 0.1) is 5.41 Å². The molecule has 4 aliphatic heterocycles. The lowest BCUT2D eigenvalue weighted by Gasteiger charge is -2.43. The molecular weight excluding hydrogens is 885 g/mol. The molecule has 15 nitrogen and oxygen atoms in total. The Morgan fingerprint density at radius 3 is 2.22 bits per heavy atom. The summed E-state index contributed by atoms with van der Waals surface area (Å²) >= 11 is 6.80. The van der Waals surface area contributed by atoms with E-state index >= 15 is 0 Å². The van der Waals surface area contributed by atoms with Crippen molar-refractivity contribution in [3.63, 3.8) is 0 Å². The first kappa shape index (κ1) is 46.6. The number of aromatic hydroxyl groups is 2. The van der Waals surface area contributed by atoms with Gasteiger partial charge < -0.3 is 35.5 Å². The van der Waals surface area contributed by atoms with Crippen molar-refractivity contribution in [3.8, 4) is 11.5 Å². The van der Waals surface area contributed by atoms with Gasteiger partial charge in [-0.05, 0) is 72.0 Å². The Morgan fingerprint density at radius 1 is 0.868 bits per heavy atom. The molecule has 4 aromatic carbocycles. The Balaban J connectivity index is 0.840. The van der Waals surface area contributed by atoms with E-state index in [2.05, 4.69) is 55.3 Å². The molecule has 4 aliphatic rings. The molecule has 0 spiro atoms. The molecule has 3 amide bonds. The normalized spacial score (nSPS) is 17.4. The summed E-state index contributed by atoms with van der Waals surface area (Å²) in [5.41, 5.74) is 11.1. The van der Waals surface area contributed by atoms with Crippen LogP contribution < -0.4 is 25.3 Å². The number of fused-ring (bicyclic) bond motifs is 2. The maximum absolute atomic E-state index is 13.8. The van der Waals surface area contributed by atoms with Gasteiger partial charge in [-0.2, -0.15) is 4.98 Å². The number of benzene rings is 4. The third-order valence-corrected chi connectivity index (χ3v) is 14.4. The first-order chi connectivity index (χ1) is 32.7. The minimum atomic E-state index is -0.936. The first-order valence-electron chi connectivity index (χ1n) is 23.5. The molecule has 0 aliphatic carbocycles. The van der Waals surface area contributed by atoms with Gasteiger partial charge in [0, 0.05) is 107 Å². The average Bonchev–Trinajstić information content (AvgIpc) is 3.34. The van der Waals surface area contributed by atoms with Crippen LogP contribution in [0.2, 0.25) is 5.02 Å². The third-order valence-electron chi connectivity index (χ3n) is 14.0. The minimum absolute atomic E-state index is 0.0709. The Labute approximate surface area is 401 Å². The third kappa shape index (κ3) is 9.49. The predicted molar refractivity (Wildman–Crippen MR) is 266 cm³/mol. The van der Waals surface area contributed by atoms with Crippen molar-refractivity contribution in [1.29, 1.82) is 5.41 Å². The number of rotatable bonds is 10. The number of amides is 3. The number of anilines is 4. The molecule has 1 aromatic heterocycles. The van der Waals surface area contributed by atoms with Crippen molar-refractivity contribution in [3.05, 3.63) is 118 Å². The molecule has 9 rings (SSSR count). The van der Waals surface area contributed by atoms with E-state index in [9.17, 15) is 24.2 Å². The number of hydrogen-bond acceptors (Lipinski definition) is 12. The van der Waals surface area contributed by atoms with Crippen LogP contribution in [0.25, 0.3) is 10.8 Å². The fourth-order valence-corrected chi connectivity index (χ4v) is 10.6. The average molecular weight is 945 g/mol. The van der Waals surface area contributed by atoms with Crippen LogP contribution in [0.3, 0.4) is 0 Å². The molecule has 0 atom stereocenters. The number of amidine groups is 1. The number of nitrogens with two attached hydrogens (primary N) is 1. The van der Waals surface area contributed by atoms with Crippen molar-refractivity contribution in [2.45, 2.75) is 58.2 Å². The summed E-state index contributed by atoms with van der Waals surface area (Å²) in [6.07, 6.45) is 2.72. The predicted octanol–water partition coefficient (Wildman–Crippen LogP) is 7.21. The van der Waals surface area contributed by atoms with E-state index in [0.29, 0.717) is 50.0 Å². The number of carbonyl (C=O) groups is 2. The number of piperidine rings is 1. The number of phenolic OH excluding ortho intramolecular Hbond substituents is 2. The second-order valence-electron chi connectivity index (χ2n) is 18.5. The van der Waals surface area contributed by atoms with Crippen LogP contribution in [-0.4, -0.2) is 131 Å². The standard InChI is InChI=1S/C51H59ClFN11O4/c1-32(2)39-28-40(45(66)29-44(39)65)47(54)64(50(55)68)37-12-10-34(11-13-37)30-58-20-22-59(23-21-58)36-14-17-62(18-15-36)51-56-42-31-63(43-9-5-7-35-6-4-8-41(52)46(35)43)19-16-38(42)48(57-51)60-24-26-61(27-25-60)49(67)33(3)53/h4-13,28-29,32,36,54,65-66H,3,14-27,30-31H2,1-2H3,(H2,55,68). The topological polar surface area (TPSA) is 173 Å². The van der Waals surface area contributed by atoms with Crippen molar-refractivity contribution in [2.24, 2.45) is 5.73 Å². The number of hydrogen-bond donors (Lipinski definition) is 4. The van der Waals surface area contributed by atoms with Crippen LogP contribution in [0.15, 0.2) is 85.2 Å². The van der Waals surface area contributed by atoms with Crippen LogP contribution in [0.4, 0.5) is 32.3 Å². The maximum Gasteiger partial charge on any atom is 0.325 e. The largest absolute Gasteiger partial charge is 0.508 e. The summed E-state index contributed by atoms with van der Waals surface area (Å²) in [5, 5.41) is 32.6. The zero-order chi connectivity index (χ0) is 47.8. The molecular formula is C51H59ClFN11O4. The molecule has 68 heavy (non-hydrogen) atoms. The molecule has 0 radical (unpaired) electrons. The van der Waals surface area contributed by atoms with E-state index < -0.39 is 17.8 Å². The molecule has 0 bridgehead atoms. The molecule has 17 heteroatoms. The maximum atomic E-state index is 13.8. The number of urea groups is 1. The van der Waals surface area contributed by atoms with Gasteiger partial charge in [-0.3, -0.25) is 20.0 Å². The van der Waals surface area contributed by atoms with Crippen molar-refractivity contribution < 1.29 is 24.2 Å². The minimum Gasteiger partial charge on any atom is -0.508 e. The monoisotopic (exact) mass is 943 g/mol. The second kappa shape index (κ2) is 19.6. The molecule has 0 saturated carbocycles. The van der Waals surface area contributed by atoms with E-state index in [1.54, 1.807) is 12.1 Å². The molecule has 0 unspecified atom stereocenters. The van der Waals surface area contributed by atoms with Gasteiger partial charge in [-0.1, -0.05) is 68.4 Å². The van der Waals surface area contributed by atoms with Gasteiger partial charge in [0.05, 0.1) is 28.5 Å². The molecule has 356 valence electrons. The zero-order valence-electron chi connectivity index (χ0n) is 38.7. The number of nitrogens with one attached hydrogen (secondary N) is 1. The van der Waals surface area contributed by atoms with Crippen LogP contribution in [0.1, 0.15) is 60.6 Å². The van der Waals surface area contributed by atoms with Crippen molar-refractivity contribution in [2.75, 3.05) is 91.6 Å². The zero-order valence-corrected chi connectivity index (χ0v) is 39.4. The molecule has 5 N–H and O–H groups in total. The summed E-state index contributed by atoms with van der Waals surface area (Å²) in [4.78, 5) is 50.2. The van der Waals surface area contributed by atoms with Gasteiger partial charge in [0.15, 0.2) is 5.83 Å². The molecule has 3 saturated heterocycles. The van der Waals surface area contributed by atoms with Gasteiger partial charge in [-0.25, -0.2) is 19.1 Å². The number of phenols is 2. The lowest BCUT2D eigenvalue weighted by Crippen LogP contribution is -2.53. The summed E-state index contributed by atoms with van der Waals surface area (Å²) in [6.45, 7) is 16.3. The van der Waals surface area contributed by atoms with Gasteiger partial charge in [-0.15, -0.1) is 0 Å². The fourth-order valence-electron chi connectivity index (χ4n) is 10.3. The van der Waals surface area contributed by atoms with Gasteiger partial charge >= 0.3 is 6.03 Å². The number of nitrogens with zero attached hydrogens (tertiary/aromatic N) is 9. The van der Waals surface area contributed by atoms with E-state index in [1.165, 1.54) is 17.0 Å². The highest BCUT2D eigenvalue weighted by Crippen LogP contribution is 2.38. The smallest absolute Gasteiger partial charge is 0.325 e. The van der Waals surface area contributed by atoms with Gasteiger partial charge in [0.1, 0.15) is 23.2 Å². The highest BCUT2D eigenvalue weighted by atomic mass is 35.5. The van der Waals surface area contributed by atoms with Crippen LogP contribution >= 0.6 is 11.6 Å². The van der Waals surface area contributed by atoms with Crippen LogP contribution in [-0.2, 0) is 24.3 Å². The summed E-state index contributed by atoms with van der Waals surface area (Å²) in [7, 11) is 0. The van der Waals surface area contributed by atoms with Gasteiger partial charge in [0.25, 0.3) is 5.91 Å². The Bertz CT molecular complexity index is 2730. The molecule has 3 fully saturated rings. The first-order valence-corrected chi connectivity index (χ1v) is 23.9. The number of piperazine rings is 2. The molecule has 5 heterocycles. The lowest BCUT2D eigenvalue weighted by atomic mass is 9.98.